The van der Waals surface area contributed by atoms with Crippen molar-refractivity contribution in [3.8, 4) is 5.75 Å². The minimum atomic E-state index is -0.943. The molecule has 0 aliphatic heterocycles. The van der Waals surface area contributed by atoms with Crippen LogP contribution < -0.4 is 0 Å². The molecule has 0 saturated heterocycles. The molecule has 140 valence electrons. The highest BCUT2D eigenvalue weighted by Crippen LogP contribution is 2.36. The van der Waals surface area contributed by atoms with E-state index in [1.54, 1.807) is 37.3 Å². The molecule has 6 heteroatoms. The SMILES string of the molecule is CCC[C@@H](C(=O)O)c1c(C)n(C(=O)c2ccc(Cl)cc2)c2ccc(O)cc12. The maximum atomic E-state index is 13.2. The van der Waals surface area contributed by atoms with Gasteiger partial charge in [-0.1, -0.05) is 24.9 Å². The molecule has 1 aromatic heterocycles. The summed E-state index contributed by atoms with van der Waals surface area (Å²) in [6.07, 6.45) is 1.13. The van der Waals surface area contributed by atoms with Crippen LogP contribution in [0.1, 0.15) is 47.3 Å². The lowest BCUT2D eigenvalue weighted by Crippen LogP contribution is -2.16. The fourth-order valence-electron chi connectivity index (χ4n) is 3.53. The number of hydrogen-bond acceptors (Lipinski definition) is 3. The lowest BCUT2D eigenvalue weighted by Gasteiger charge is -2.13. The van der Waals surface area contributed by atoms with Gasteiger partial charge in [0.25, 0.3) is 5.91 Å². The average molecular weight is 386 g/mol. The lowest BCUT2D eigenvalue weighted by molar-refractivity contribution is -0.139. The second-order valence-corrected chi connectivity index (χ2v) is 6.96. The first-order valence-electron chi connectivity index (χ1n) is 8.72. The summed E-state index contributed by atoms with van der Waals surface area (Å²) in [6, 6.07) is 11.2. The number of fused-ring (bicyclic) bond motifs is 1. The second-order valence-electron chi connectivity index (χ2n) is 6.53. The van der Waals surface area contributed by atoms with Crippen LogP contribution in [-0.4, -0.2) is 26.7 Å². The van der Waals surface area contributed by atoms with E-state index in [-0.39, 0.29) is 11.7 Å². The van der Waals surface area contributed by atoms with E-state index in [4.69, 9.17) is 11.6 Å². The molecule has 27 heavy (non-hydrogen) atoms. The average Bonchev–Trinajstić information content (AvgIpc) is 2.90. The van der Waals surface area contributed by atoms with Gasteiger partial charge in [-0.05, 0) is 61.4 Å². The molecule has 0 amide bonds. The predicted molar refractivity (Wildman–Crippen MR) is 105 cm³/mol. The highest BCUT2D eigenvalue weighted by atomic mass is 35.5. The number of aromatic hydroxyl groups is 1. The van der Waals surface area contributed by atoms with Gasteiger partial charge in [-0.2, -0.15) is 0 Å². The van der Waals surface area contributed by atoms with Crippen LogP contribution in [-0.2, 0) is 4.79 Å². The van der Waals surface area contributed by atoms with Crippen molar-refractivity contribution in [2.75, 3.05) is 0 Å². The fourth-order valence-corrected chi connectivity index (χ4v) is 3.66. The number of nitrogens with zero attached hydrogens (tertiary/aromatic N) is 1. The van der Waals surface area contributed by atoms with Crippen LogP contribution in [0.4, 0.5) is 0 Å². The molecular weight excluding hydrogens is 366 g/mol. The normalized spacial score (nSPS) is 12.3. The second kappa shape index (κ2) is 7.45. The number of hydrogen-bond donors (Lipinski definition) is 2. The van der Waals surface area contributed by atoms with Gasteiger partial charge in [0.05, 0.1) is 11.4 Å². The van der Waals surface area contributed by atoms with Gasteiger partial charge in [0, 0.05) is 21.7 Å². The number of aromatic nitrogens is 1. The van der Waals surface area contributed by atoms with Crippen molar-refractivity contribution in [1.29, 1.82) is 0 Å². The number of phenolic OH excluding ortho intramolecular Hbond substituents is 1. The van der Waals surface area contributed by atoms with Gasteiger partial charge < -0.3 is 10.2 Å². The molecule has 0 bridgehead atoms. The standard InChI is InChI=1S/C21H20ClNO4/c1-3-4-16(21(26)27)19-12(2)23(18-10-9-15(24)11-17(18)19)20(25)13-5-7-14(22)8-6-13/h5-11,16,24H,3-4H2,1-2H3,(H,26,27)/t16-/m1/s1. The molecule has 0 aliphatic carbocycles. The minimum absolute atomic E-state index is 0.0282. The highest BCUT2D eigenvalue weighted by Gasteiger charge is 2.29. The molecule has 1 heterocycles. The first-order valence-corrected chi connectivity index (χ1v) is 9.10. The Balaban J connectivity index is 2.27. The number of carbonyl (C=O) groups excluding carboxylic acids is 1. The molecule has 0 aliphatic rings. The maximum Gasteiger partial charge on any atom is 0.311 e. The van der Waals surface area contributed by atoms with E-state index in [1.807, 2.05) is 6.92 Å². The van der Waals surface area contributed by atoms with Crippen molar-refractivity contribution in [1.82, 2.24) is 4.57 Å². The number of carbonyl (C=O) groups is 2. The number of aliphatic carboxylic acids is 1. The summed E-state index contributed by atoms with van der Waals surface area (Å²) in [4.78, 5) is 25.0. The monoisotopic (exact) mass is 385 g/mol. The van der Waals surface area contributed by atoms with Crippen molar-refractivity contribution in [2.45, 2.75) is 32.6 Å². The molecule has 5 nitrogen and oxygen atoms in total. The summed E-state index contributed by atoms with van der Waals surface area (Å²) >= 11 is 5.91. The molecule has 2 aromatic carbocycles. The van der Waals surface area contributed by atoms with Gasteiger partial charge in [-0.15, -0.1) is 0 Å². The Hall–Kier alpha value is -2.79. The number of carboxylic acid groups (broad SMARTS) is 1. The van der Waals surface area contributed by atoms with Gasteiger partial charge in [0.15, 0.2) is 0 Å². The summed E-state index contributed by atoms with van der Waals surface area (Å²) in [5, 5.41) is 20.8. The summed E-state index contributed by atoms with van der Waals surface area (Å²) in [6.45, 7) is 3.66. The van der Waals surface area contributed by atoms with E-state index in [1.165, 1.54) is 16.7 Å². The van der Waals surface area contributed by atoms with Crippen LogP contribution in [0.15, 0.2) is 42.5 Å². The Labute approximate surface area is 161 Å². The van der Waals surface area contributed by atoms with E-state index in [0.717, 1.165) is 0 Å². The molecule has 3 aromatic rings. The number of phenols is 1. The molecule has 0 saturated carbocycles. The van der Waals surface area contributed by atoms with Gasteiger partial charge in [-0.3, -0.25) is 14.2 Å². The number of benzene rings is 2. The zero-order valence-electron chi connectivity index (χ0n) is 15.1. The minimum Gasteiger partial charge on any atom is -0.508 e. The Kier molecular flexibility index (Phi) is 5.24. The van der Waals surface area contributed by atoms with Crippen LogP contribution in [0.25, 0.3) is 10.9 Å². The number of halogens is 1. The Morgan fingerprint density at radius 1 is 1.15 bits per heavy atom. The topological polar surface area (TPSA) is 79.5 Å². The van der Waals surface area contributed by atoms with Crippen molar-refractivity contribution in [2.24, 2.45) is 0 Å². The Morgan fingerprint density at radius 3 is 2.41 bits per heavy atom. The van der Waals surface area contributed by atoms with E-state index in [9.17, 15) is 19.8 Å². The molecule has 0 fully saturated rings. The van der Waals surface area contributed by atoms with Crippen LogP contribution >= 0.6 is 11.6 Å². The third kappa shape index (κ3) is 3.43. The van der Waals surface area contributed by atoms with Gasteiger partial charge in [0.2, 0.25) is 0 Å². The largest absolute Gasteiger partial charge is 0.508 e. The summed E-state index contributed by atoms with van der Waals surface area (Å²) < 4.78 is 1.51. The zero-order chi connectivity index (χ0) is 19.7. The zero-order valence-corrected chi connectivity index (χ0v) is 15.8. The number of rotatable bonds is 5. The Bertz CT molecular complexity index is 1020. The van der Waals surface area contributed by atoms with Gasteiger partial charge in [0.1, 0.15) is 5.75 Å². The highest BCUT2D eigenvalue weighted by molar-refractivity contribution is 6.30. The van der Waals surface area contributed by atoms with E-state index in [2.05, 4.69) is 0 Å². The van der Waals surface area contributed by atoms with Gasteiger partial charge in [-0.25, -0.2) is 0 Å². The Morgan fingerprint density at radius 2 is 1.81 bits per heavy atom. The van der Waals surface area contributed by atoms with Gasteiger partial charge >= 0.3 is 5.97 Å². The van der Waals surface area contributed by atoms with Crippen LogP contribution in [0, 0.1) is 6.92 Å². The molecular formula is C21H20ClNO4. The molecule has 0 unspecified atom stereocenters. The van der Waals surface area contributed by atoms with Crippen molar-refractivity contribution >= 4 is 34.4 Å². The van der Waals surface area contributed by atoms with Crippen molar-refractivity contribution in [3.05, 3.63) is 64.3 Å². The summed E-state index contributed by atoms with van der Waals surface area (Å²) in [5.41, 5.74) is 2.15. The molecule has 3 rings (SSSR count). The third-order valence-electron chi connectivity index (χ3n) is 4.75. The molecule has 2 N–H and O–H groups in total. The molecule has 1 atom stereocenters. The summed E-state index contributed by atoms with van der Waals surface area (Å²) in [7, 11) is 0. The molecule has 0 spiro atoms. The first-order chi connectivity index (χ1) is 12.8. The fraction of sp³-hybridized carbons (Fsp3) is 0.238. The lowest BCUT2D eigenvalue weighted by atomic mass is 9.92. The molecule has 0 radical (unpaired) electrons. The predicted octanol–water partition coefficient (Wildman–Crippen LogP) is 4.97. The summed E-state index contributed by atoms with van der Waals surface area (Å²) in [5.74, 6) is -1.94. The smallest absolute Gasteiger partial charge is 0.311 e. The van der Waals surface area contributed by atoms with Crippen LogP contribution in [0.5, 0.6) is 5.75 Å². The third-order valence-corrected chi connectivity index (χ3v) is 5.01. The van der Waals surface area contributed by atoms with Crippen molar-refractivity contribution < 1.29 is 19.8 Å². The van der Waals surface area contributed by atoms with E-state index < -0.39 is 11.9 Å². The number of carboxylic acids is 1. The van der Waals surface area contributed by atoms with Crippen LogP contribution in [0.2, 0.25) is 5.02 Å². The maximum absolute atomic E-state index is 13.2. The van der Waals surface area contributed by atoms with Crippen LogP contribution in [0.3, 0.4) is 0 Å². The van der Waals surface area contributed by atoms with E-state index >= 15 is 0 Å². The quantitative estimate of drug-likeness (QED) is 0.650. The van der Waals surface area contributed by atoms with E-state index in [0.29, 0.717) is 45.6 Å². The van der Waals surface area contributed by atoms with Crippen molar-refractivity contribution in [3.63, 3.8) is 0 Å². The first kappa shape index (κ1) is 19.0.